The molecule has 0 spiro atoms. The van der Waals surface area contributed by atoms with Gasteiger partial charge in [-0.05, 0) is 18.4 Å². The summed E-state index contributed by atoms with van der Waals surface area (Å²) in [6.45, 7) is 1.70. The first-order valence-electron chi connectivity index (χ1n) is 8.27. The highest BCUT2D eigenvalue weighted by atomic mass is 15.3. The minimum atomic E-state index is 0.705. The summed E-state index contributed by atoms with van der Waals surface area (Å²) in [5.74, 6) is 0. The van der Waals surface area contributed by atoms with Gasteiger partial charge in [-0.1, -0.05) is 60.7 Å². The van der Waals surface area contributed by atoms with Gasteiger partial charge >= 0.3 is 0 Å². The zero-order chi connectivity index (χ0) is 15.5. The largest absolute Gasteiger partial charge is 0.310 e. The van der Waals surface area contributed by atoms with Crippen molar-refractivity contribution in [3.63, 3.8) is 0 Å². The van der Waals surface area contributed by atoms with E-state index in [-0.39, 0.29) is 0 Å². The van der Waals surface area contributed by atoms with Gasteiger partial charge < -0.3 is 5.32 Å². The molecule has 2 aromatic carbocycles. The molecule has 3 nitrogen and oxygen atoms in total. The van der Waals surface area contributed by atoms with Gasteiger partial charge in [0.1, 0.15) is 0 Å². The van der Waals surface area contributed by atoms with Crippen molar-refractivity contribution in [3.05, 3.63) is 78.0 Å². The third-order valence-corrected chi connectivity index (χ3v) is 4.23. The van der Waals surface area contributed by atoms with Crippen molar-refractivity contribution in [2.45, 2.75) is 32.0 Å². The lowest BCUT2D eigenvalue weighted by atomic mass is 10.1. The fourth-order valence-electron chi connectivity index (χ4n) is 2.82. The van der Waals surface area contributed by atoms with Gasteiger partial charge in [0.25, 0.3) is 0 Å². The lowest BCUT2D eigenvalue weighted by molar-refractivity contribution is 0.675. The first-order valence-corrected chi connectivity index (χ1v) is 8.27. The predicted molar refractivity (Wildman–Crippen MR) is 93.1 cm³/mol. The van der Waals surface area contributed by atoms with Crippen LogP contribution < -0.4 is 5.32 Å². The van der Waals surface area contributed by atoms with Gasteiger partial charge in [-0.25, -0.2) is 0 Å². The lowest BCUT2D eigenvalue weighted by Gasteiger charge is -2.03. The van der Waals surface area contributed by atoms with Gasteiger partial charge in [0, 0.05) is 29.9 Å². The van der Waals surface area contributed by atoms with Crippen LogP contribution in [0.1, 0.15) is 24.0 Å². The molecule has 0 unspecified atom stereocenters. The predicted octanol–water partition coefficient (Wildman–Crippen LogP) is 3.85. The lowest BCUT2D eigenvalue weighted by Crippen LogP contribution is -2.15. The number of hydrogen-bond acceptors (Lipinski definition) is 2. The highest BCUT2D eigenvalue weighted by molar-refractivity contribution is 5.62. The molecule has 0 radical (unpaired) electrons. The van der Waals surface area contributed by atoms with Crippen LogP contribution in [0.15, 0.2) is 66.9 Å². The highest BCUT2D eigenvalue weighted by Gasteiger charge is 2.21. The second-order valence-corrected chi connectivity index (χ2v) is 6.21. The minimum Gasteiger partial charge on any atom is -0.310 e. The number of aromatic nitrogens is 2. The molecule has 116 valence electrons. The van der Waals surface area contributed by atoms with E-state index >= 15 is 0 Å². The van der Waals surface area contributed by atoms with Gasteiger partial charge in [-0.3, -0.25) is 4.68 Å². The maximum atomic E-state index is 4.85. The zero-order valence-corrected chi connectivity index (χ0v) is 13.2. The molecule has 1 aliphatic rings. The van der Waals surface area contributed by atoms with Crippen molar-refractivity contribution in [2.24, 2.45) is 0 Å². The van der Waals surface area contributed by atoms with Gasteiger partial charge in [-0.2, -0.15) is 5.10 Å². The molecule has 23 heavy (non-hydrogen) atoms. The van der Waals surface area contributed by atoms with Crippen molar-refractivity contribution in [3.8, 4) is 11.3 Å². The molecule has 1 N–H and O–H groups in total. The van der Waals surface area contributed by atoms with Crippen molar-refractivity contribution < 1.29 is 0 Å². The molecular formula is C20H21N3. The summed E-state index contributed by atoms with van der Waals surface area (Å²) in [5.41, 5.74) is 4.83. The van der Waals surface area contributed by atoms with Crippen LogP contribution in [0.2, 0.25) is 0 Å². The molecule has 1 aromatic heterocycles. The SMILES string of the molecule is c1ccc(Cn2cc(CNC3CC3)c(-c3ccccc3)n2)cc1. The van der Waals surface area contributed by atoms with E-state index in [0.29, 0.717) is 6.04 Å². The fraction of sp³-hybridized carbons (Fsp3) is 0.250. The highest BCUT2D eigenvalue weighted by Crippen LogP contribution is 2.24. The Balaban J connectivity index is 1.62. The normalized spacial score (nSPS) is 14.1. The standard InChI is InChI=1S/C20H21N3/c1-3-7-16(8-4-1)14-23-15-18(13-21-19-11-12-19)20(22-23)17-9-5-2-6-10-17/h1-10,15,19,21H,11-14H2. The Morgan fingerprint density at radius 3 is 2.35 bits per heavy atom. The maximum Gasteiger partial charge on any atom is 0.0968 e. The van der Waals surface area contributed by atoms with E-state index < -0.39 is 0 Å². The average Bonchev–Trinajstić information content (AvgIpc) is 3.35. The monoisotopic (exact) mass is 303 g/mol. The molecule has 0 atom stereocenters. The second-order valence-electron chi connectivity index (χ2n) is 6.21. The number of hydrogen-bond donors (Lipinski definition) is 1. The number of nitrogens with one attached hydrogen (secondary N) is 1. The Bertz CT molecular complexity index is 758. The molecule has 4 rings (SSSR count). The minimum absolute atomic E-state index is 0.705. The first-order chi connectivity index (χ1) is 11.4. The van der Waals surface area contributed by atoms with Crippen LogP contribution in [0.25, 0.3) is 11.3 Å². The summed E-state index contributed by atoms with van der Waals surface area (Å²) < 4.78 is 2.06. The second kappa shape index (κ2) is 6.39. The van der Waals surface area contributed by atoms with E-state index in [1.807, 2.05) is 12.1 Å². The Kier molecular flexibility index (Phi) is 3.95. The van der Waals surface area contributed by atoms with E-state index in [0.717, 1.165) is 18.8 Å². The van der Waals surface area contributed by atoms with Crippen LogP contribution >= 0.6 is 0 Å². The Morgan fingerprint density at radius 2 is 1.65 bits per heavy atom. The quantitative estimate of drug-likeness (QED) is 0.749. The molecule has 1 heterocycles. The molecule has 0 saturated heterocycles. The van der Waals surface area contributed by atoms with Crippen LogP contribution in [0.3, 0.4) is 0 Å². The van der Waals surface area contributed by atoms with Crippen molar-refractivity contribution in [1.29, 1.82) is 0 Å². The zero-order valence-electron chi connectivity index (χ0n) is 13.2. The molecular weight excluding hydrogens is 282 g/mol. The van der Waals surface area contributed by atoms with Crippen LogP contribution in [0.4, 0.5) is 0 Å². The fourth-order valence-corrected chi connectivity index (χ4v) is 2.82. The Labute approximate surface area is 137 Å². The van der Waals surface area contributed by atoms with Crippen molar-refractivity contribution in [1.82, 2.24) is 15.1 Å². The molecule has 0 amide bonds. The van der Waals surface area contributed by atoms with Gasteiger partial charge in [0.2, 0.25) is 0 Å². The van der Waals surface area contributed by atoms with Crippen molar-refractivity contribution in [2.75, 3.05) is 0 Å². The Hall–Kier alpha value is -2.39. The molecule has 1 fully saturated rings. The van der Waals surface area contributed by atoms with E-state index in [2.05, 4.69) is 64.7 Å². The topological polar surface area (TPSA) is 29.9 Å². The van der Waals surface area contributed by atoms with Gasteiger partial charge in [0.15, 0.2) is 0 Å². The maximum absolute atomic E-state index is 4.85. The molecule has 1 aliphatic carbocycles. The van der Waals surface area contributed by atoms with Crippen molar-refractivity contribution >= 4 is 0 Å². The molecule has 0 bridgehead atoms. The van der Waals surface area contributed by atoms with E-state index in [4.69, 9.17) is 5.10 Å². The summed E-state index contributed by atoms with van der Waals surface area (Å²) in [7, 11) is 0. The van der Waals surface area contributed by atoms with E-state index in [1.165, 1.54) is 29.5 Å². The van der Waals surface area contributed by atoms with Crippen LogP contribution in [-0.4, -0.2) is 15.8 Å². The molecule has 3 aromatic rings. The van der Waals surface area contributed by atoms with Crippen LogP contribution in [-0.2, 0) is 13.1 Å². The van der Waals surface area contributed by atoms with Crippen LogP contribution in [0.5, 0.6) is 0 Å². The van der Waals surface area contributed by atoms with Gasteiger partial charge in [0.05, 0.1) is 12.2 Å². The average molecular weight is 303 g/mol. The summed E-state index contributed by atoms with van der Waals surface area (Å²) in [4.78, 5) is 0. The third kappa shape index (κ3) is 3.51. The summed E-state index contributed by atoms with van der Waals surface area (Å²) in [6, 6.07) is 21.7. The Morgan fingerprint density at radius 1 is 0.957 bits per heavy atom. The third-order valence-electron chi connectivity index (χ3n) is 4.23. The smallest absolute Gasteiger partial charge is 0.0968 e. The number of benzene rings is 2. The van der Waals surface area contributed by atoms with E-state index in [9.17, 15) is 0 Å². The summed E-state index contributed by atoms with van der Waals surface area (Å²) in [6.07, 6.45) is 4.79. The van der Waals surface area contributed by atoms with Gasteiger partial charge in [-0.15, -0.1) is 0 Å². The van der Waals surface area contributed by atoms with E-state index in [1.54, 1.807) is 0 Å². The molecule has 3 heteroatoms. The molecule has 0 aliphatic heterocycles. The summed E-state index contributed by atoms with van der Waals surface area (Å²) in [5, 5.41) is 8.46. The summed E-state index contributed by atoms with van der Waals surface area (Å²) >= 11 is 0. The first kappa shape index (κ1) is 14.2. The number of rotatable bonds is 6. The van der Waals surface area contributed by atoms with Crippen LogP contribution in [0, 0.1) is 0 Å². The molecule has 1 saturated carbocycles. The number of nitrogens with zero attached hydrogens (tertiary/aromatic N) is 2.